The summed E-state index contributed by atoms with van der Waals surface area (Å²) < 4.78 is 24.0. The van der Waals surface area contributed by atoms with Crippen molar-refractivity contribution >= 4 is 17.4 Å². The fourth-order valence-electron chi connectivity index (χ4n) is 3.96. The van der Waals surface area contributed by atoms with E-state index in [9.17, 15) is 19.1 Å². The lowest BCUT2D eigenvalue weighted by Crippen LogP contribution is -2.29. The van der Waals surface area contributed by atoms with Gasteiger partial charge in [-0.25, -0.2) is 4.39 Å². The van der Waals surface area contributed by atoms with Gasteiger partial charge in [0.1, 0.15) is 23.1 Å². The topological polar surface area (TPSA) is 76.1 Å². The number of aliphatic hydroxyl groups is 1. The van der Waals surface area contributed by atoms with Gasteiger partial charge >= 0.3 is 0 Å². The van der Waals surface area contributed by atoms with E-state index in [1.54, 1.807) is 54.6 Å². The molecule has 0 aromatic heterocycles. The van der Waals surface area contributed by atoms with Crippen LogP contribution in [0.15, 0.2) is 78.4 Å². The minimum atomic E-state index is -0.841. The van der Waals surface area contributed by atoms with E-state index in [0.29, 0.717) is 22.6 Å². The van der Waals surface area contributed by atoms with Gasteiger partial charge in [-0.15, -0.1) is 0 Å². The summed E-state index contributed by atoms with van der Waals surface area (Å²) in [6.45, 7) is 0.0659. The number of Topliss-reactive ketones (excluding diaryl/α,β-unsaturated/α-hetero) is 1. The van der Waals surface area contributed by atoms with Crippen molar-refractivity contribution < 1.29 is 28.6 Å². The number of carbonyl (C=O) groups excluding carboxylic acids is 2. The van der Waals surface area contributed by atoms with Crippen molar-refractivity contribution in [2.45, 2.75) is 12.6 Å². The standard InChI is InChI=1S/C26H22FNO5/c1-32-19-12-13-21(33-2)20(14-19)24(29)22-23(17-6-4-3-5-7-17)28(26(31)25(22)30)15-16-8-10-18(27)11-9-16/h3-14,23,29H,15H2,1-2H3/b24-22+. The fraction of sp³-hybridized carbons (Fsp3) is 0.154. The molecule has 0 radical (unpaired) electrons. The van der Waals surface area contributed by atoms with Crippen LogP contribution in [0.25, 0.3) is 5.76 Å². The summed E-state index contributed by atoms with van der Waals surface area (Å²) >= 11 is 0. The Kier molecular flexibility index (Phi) is 6.13. The number of ether oxygens (including phenoxy) is 2. The summed E-state index contributed by atoms with van der Waals surface area (Å²) in [5.41, 5.74) is 1.48. The molecule has 3 aromatic carbocycles. The molecule has 33 heavy (non-hydrogen) atoms. The molecule has 1 unspecified atom stereocenters. The lowest BCUT2D eigenvalue weighted by molar-refractivity contribution is -0.140. The molecule has 0 spiro atoms. The molecule has 1 atom stereocenters. The van der Waals surface area contributed by atoms with Crippen molar-refractivity contribution in [2.24, 2.45) is 0 Å². The van der Waals surface area contributed by atoms with Crippen LogP contribution < -0.4 is 9.47 Å². The Bertz CT molecular complexity index is 1220. The number of rotatable bonds is 6. The van der Waals surface area contributed by atoms with Crippen LogP contribution in [0.1, 0.15) is 22.7 Å². The molecule has 3 aromatic rings. The number of ketones is 1. The number of methoxy groups -OCH3 is 2. The van der Waals surface area contributed by atoms with Gasteiger partial charge in [0.25, 0.3) is 11.7 Å². The minimum absolute atomic E-state index is 0.0557. The molecule has 1 N–H and O–H groups in total. The molecule has 1 fully saturated rings. The summed E-state index contributed by atoms with van der Waals surface area (Å²) in [6, 6.07) is 18.7. The van der Waals surface area contributed by atoms with E-state index in [4.69, 9.17) is 9.47 Å². The second-order valence-electron chi connectivity index (χ2n) is 7.53. The van der Waals surface area contributed by atoms with E-state index < -0.39 is 23.5 Å². The van der Waals surface area contributed by atoms with Gasteiger partial charge in [-0.05, 0) is 41.5 Å². The highest BCUT2D eigenvalue weighted by Crippen LogP contribution is 2.42. The summed E-state index contributed by atoms with van der Waals surface area (Å²) in [7, 11) is 2.93. The largest absolute Gasteiger partial charge is 0.507 e. The van der Waals surface area contributed by atoms with Crippen LogP contribution in [0.4, 0.5) is 4.39 Å². The van der Waals surface area contributed by atoms with Crippen LogP contribution >= 0.6 is 0 Å². The van der Waals surface area contributed by atoms with E-state index >= 15 is 0 Å². The molecule has 168 valence electrons. The van der Waals surface area contributed by atoms with Crippen LogP contribution in [0.3, 0.4) is 0 Å². The number of carbonyl (C=O) groups is 2. The van der Waals surface area contributed by atoms with Gasteiger partial charge in [-0.3, -0.25) is 9.59 Å². The zero-order valence-electron chi connectivity index (χ0n) is 18.1. The fourth-order valence-corrected chi connectivity index (χ4v) is 3.96. The Labute approximate surface area is 190 Å². The van der Waals surface area contributed by atoms with Gasteiger partial charge in [0, 0.05) is 6.54 Å². The average molecular weight is 447 g/mol. The van der Waals surface area contributed by atoms with Crippen LogP contribution in [0.2, 0.25) is 0 Å². The SMILES string of the molecule is COc1ccc(OC)c(/C(O)=C2\C(=O)C(=O)N(Cc3ccc(F)cc3)C2c2ccccc2)c1. The Hall–Kier alpha value is -4.13. The third kappa shape index (κ3) is 4.17. The first-order chi connectivity index (χ1) is 15.9. The molecular weight excluding hydrogens is 425 g/mol. The lowest BCUT2D eigenvalue weighted by atomic mass is 9.95. The number of hydrogen-bond acceptors (Lipinski definition) is 5. The number of hydrogen-bond donors (Lipinski definition) is 1. The second kappa shape index (κ2) is 9.16. The maximum atomic E-state index is 13.4. The molecule has 0 aliphatic carbocycles. The average Bonchev–Trinajstić information content (AvgIpc) is 3.10. The molecular formula is C26H22FNO5. The number of aliphatic hydroxyl groups excluding tert-OH is 1. The molecule has 0 saturated carbocycles. The molecule has 1 aliphatic heterocycles. The third-order valence-corrected chi connectivity index (χ3v) is 5.58. The summed E-state index contributed by atoms with van der Waals surface area (Å²) in [4.78, 5) is 27.6. The van der Waals surface area contributed by atoms with Gasteiger partial charge in [0.2, 0.25) is 0 Å². The molecule has 0 bridgehead atoms. The Balaban J connectivity index is 1.88. The van der Waals surface area contributed by atoms with Crippen LogP contribution in [0.5, 0.6) is 11.5 Å². The number of benzene rings is 3. The maximum absolute atomic E-state index is 13.4. The van der Waals surface area contributed by atoms with Gasteiger partial charge in [-0.1, -0.05) is 42.5 Å². The highest BCUT2D eigenvalue weighted by atomic mass is 19.1. The lowest BCUT2D eigenvalue weighted by Gasteiger charge is -2.25. The first-order valence-electron chi connectivity index (χ1n) is 10.2. The number of nitrogens with zero attached hydrogens (tertiary/aromatic N) is 1. The normalized spacial score (nSPS) is 17.3. The molecule has 1 heterocycles. The van der Waals surface area contributed by atoms with Crippen molar-refractivity contribution in [1.82, 2.24) is 4.90 Å². The van der Waals surface area contributed by atoms with Gasteiger partial charge in [-0.2, -0.15) is 0 Å². The molecule has 1 amide bonds. The van der Waals surface area contributed by atoms with E-state index in [1.807, 2.05) is 6.07 Å². The highest BCUT2D eigenvalue weighted by Gasteiger charge is 2.46. The number of likely N-dealkylation sites (tertiary alicyclic amines) is 1. The van der Waals surface area contributed by atoms with Crippen molar-refractivity contribution in [3.8, 4) is 11.5 Å². The van der Waals surface area contributed by atoms with Crippen LogP contribution in [0, 0.1) is 5.82 Å². The van der Waals surface area contributed by atoms with Crippen LogP contribution in [-0.2, 0) is 16.1 Å². The van der Waals surface area contributed by atoms with Crippen molar-refractivity contribution in [1.29, 1.82) is 0 Å². The second-order valence-corrected chi connectivity index (χ2v) is 7.53. The summed E-state index contributed by atoms with van der Waals surface area (Å²) in [6.07, 6.45) is 0. The Morgan fingerprint density at radius 2 is 1.67 bits per heavy atom. The summed E-state index contributed by atoms with van der Waals surface area (Å²) in [5, 5.41) is 11.3. The van der Waals surface area contributed by atoms with Gasteiger partial charge in [0.15, 0.2) is 0 Å². The molecule has 6 nitrogen and oxygen atoms in total. The van der Waals surface area contributed by atoms with Crippen molar-refractivity contribution in [3.63, 3.8) is 0 Å². The molecule has 1 aliphatic rings. The van der Waals surface area contributed by atoms with E-state index in [-0.39, 0.29) is 23.4 Å². The van der Waals surface area contributed by atoms with E-state index in [2.05, 4.69) is 0 Å². The number of halogens is 1. The van der Waals surface area contributed by atoms with Gasteiger partial charge < -0.3 is 19.5 Å². The number of amides is 1. The van der Waals surface area contributed by atoms with Gasteiger partial charge in [0.05, 0.1) is 31.4 Å². The van der Waals surface area contributed by atoms with E-state index in [1.165, 1.54) is 31.3 Å². The monoisotopic (exact) mass is 447 g/mol. The van der Waals surface area contributed by atoms with Crippen LogP contribution in [-0.4, -0.2) is 35.9 Å². The Morgan fingerprint density at radius 1 is 0.970 bits per heavy atom. The zero-order valence-corrected chi connectivity index (χ0v) is 18.1. The maximum Gasteiger partial charge on any atom is 0.295 e. The first kappa shape index (κ1) is 22.1. The van der Waals surface area contributed by atoms with E-state index in [0.717, 1.165) is 0 Å². The minimum Gasteiger partial charge on any atom is -0.507 e. The zero-order chi connectivity index (χ0) is 23.5. The van der Waals surface area contributed by atoms with Crippen molar-refractivity contribution in [3.05, 3.63) is 101 Å². The summed E-state index contributed by atoms with van der Waals surface area (Å²) in [5.74, 6) is -1.55. The molecule has 4 rings (SSSR count). The quantitative estimate of drug-likeness (QED) is 0.343. The van der Waals surface area contributed by atoms with Crippen molar-refractivity contribution in [2.75, 3.05) is 14.2 Å². The molecule has 1 saturated heterocycles. The predicted molar refractivity (Wildman–Crippen MR) is 120 cm³/mol. The Morgan fingerprint density at radius 3 is 2.30 bits per heavy atom. The smallest absolute Gasteiger partial charge is 0.295 e. The molecule has 7 heteroatoms. The first-order valence-corrected chi connectivity index (χ1v) is 10.2. The highest BCUT2D eigenvalue weighted by molar-refractivity contribution is 6.46. The predicted octanol–water partition coefficient (Wildman–Crippen LogP) is 4.46. The third-order valence-electron chi connectivity index (χ3n) is 5.58.